The first-order valence-electron chi connectivity index (χ1n) is 9.13. The van der Waals surface area contributed by atoms with Crippen molar-refractivity contribution >= 4 is 17.5 Å². The topological polar surface area (TPSA) is 67.9 Å². The third-order valence-corrected chi connectivity index (χ3v) is 4.37. The van der Waals surface area contributed by atoms with E-state index in [-0.39, 0.29) is 24.3 Å². The third kappa shape index (κ3) is 5.23. The van der Waals surface area contributed by atoms with E-state index in [2.05, 4.69) is 5.32 Å². The van der Waals surface area contributed by atoms with Crippen molar-refractivity contribution in [1.82, 2.24) is 5.32 Å². The Morgan fingerprint density at radius 3 is 2.48 bits per heavy atom. The normalized spacial score (nSPS) is 16.3. The Hall–Kier alpha value is -3.02. The minimum absolute atomic E-state index is 0.0344. The Balaban J connectivity index is 1.45. The summed E-state index contributed by atoms with van der Waals surface area (Å²) < 4.78 is 10.9. The zero-order chi connectivity index (χ0) is 19.1. The Labute approximate surface area is 159 Å². The maximum Gasteiger partial charge on any atom is 0.257 e. The fourth-order valence-electron chi connectivity index (χ4n) is 3.03. The number of ether oxygens (including phenoxy) is 2. The lowest BCUT2D eigenvalue weighted by atomic mass is 10.1. The van der Waals surface area contributed by atoms with Crippen molar-refractivity contribution in [3.05, 3.63) is 54.6 Å². The van der Waals surface area contributed by atoms with E-state index >= 15 is 0 Å². The van der Waals surface area contributed by atoms with Crippen LogP contribution in [0.5, 0.6) is 11.5 Å². The van der Waals surface area contributed by atoms with E-state index in [9.17, 15) is 9.59 Å². The fourth-order valence-corrected chi connectivity index (χ4v) is 3.03. The second kappa shape index (κ2) is 9.07. The summed E-state index contributed by atoms with van der Waals surface area (Å²) in [6.07, 6.45) is 0.424. The number of nitrogens with zero attached hydrogens (tertiary/aromatic N) is 1. The molecule has 0 spiro atoms. The van der Waals surface area contributed by atoms with Crippen LogP contribution in [0.4, 0.5) is 5.69 Å². The summed E-state index contributed by atoms with van der Waals surface area (Å²) in [5, 5.41) is 2.85. The molecule has 0 aliphatic carbocycles. The molecular formula is C21H24N2O4. The largest absolute Gasteiger partial charge is 0.494 e. The van der Waals surface area contributed by atoms with Crippen molar-refractivity contribution in [2.24, 2.45) is 5.92 Å². The molecule has 0 aromatic heterocycles. The first kappa shape index (κ1) is 18.8. The predicted octanol–water partition coefficient (Wildman–Crippen LogP) is 2.63. The number of hydrogen-bond donors (Lipinski definition) is 1. The van der Waals surface area contributed by atoms with Crippen molar-refractivity contribution in [1.29, 1.82) is 0 Å². The molecule has 6 heteroatoms. The molecule has 1 unspecified atom stereocenters. The molecule has 1 N–H and O–H groups in total. The molecule has 3 rings (SSSR count). The number of rotatable bonds is 8. The maximum absolute atomic E-state index is 12.3. The van der Waals surface area contributed by atoms with Gasteiger partial charge in [0.15, 0.2) is 6.61 Å². The van der Waals surface area contributed by atoms with Gasteiger partial charge in [-0.2, -0.15) is 0 Å². The standard InChI is InChI=1S/C21H24N2O4/c1-2-26-19-10-8-17(9-11-19)23-14-16(12-21(23)25)13-22-20(24)15-27-18-6-4-3-5-7-18/h3-11,16H,2,12-15H2,1H3,(H,22,24). The van der Waals surface area contributed by atoms with Crippen LogP contribution in [-0.4, -0.2) is 38.1 Å². The molecule has 0 saturated carbocycles. The van der Waals surface area contributed by atoms with E-state index in [1.54, 1.807) is 17.0 Å². The van der Waals surface area contributed by atoms with Crippen LogP contribution in [-0.2, 0) is 9.59 Å². The van der Waals surface area contributed by atoms with Gasteiger partial charge in [-0.15, -0.1) is 0 Å². The van der Waals surface area contributed by atoms with Gasteiger partial charge in [-0.3, -0.25) is 9.59 Å². The van der Waals surface area contributed by atoms with Crippen molar-refractivity contribution in [2.45, 2.75) is 13.3 Å². The molecule has 0 bridgehead atoms. The Morgan fingerprint density at radius 1 is 1.07 bits per heavy atom. The molecule has 1 fully saturated rings. The smallest absolute Gasteiger partial charge is 0.257 e. The average Bonchev–Trinajstić information content (AvgIpc) is 3.07. The fraction of sp³-hybridized carbons (Fsp3) is 0.333. The molecule has 1 atom stereocenters. The van der Waals surface area contributed by atoms with Crippen molar-refractivity contribution < 1.29 is 19.1 Å². The highest BCUT2D eigenvalue weighted by Gasteiger charge is 2.30. The molecule has 142 valence electrons. The molecule has 2 aromatic rings. The number of amides is 2. The van der Waals surface area contributed by atoms with Gasteiger partial charge in [0.1, 0.15) is 11.5 Å². The lowest BCUT2D eigenvalue weighted by Gasteiger charge is -2.17. The minimum Gasteiger partial charge on any atom is -0.494 e. The molecule has 2 amide bonds. The number of carbonyl (C=O) groups is 2. The van der Waals surface area contributed by atoms with E-state index in [4.69, 9.17) is 9.47 Å². The summed E-state index contributed by atoms with van der Waals surface area (Å²) in [6.45, 7) is 3.55. The summed E-state index contributed by atoms with van der Waals surface area (Å²) in [7, 11) is 0. The second-order valence-corrected chi connectivity index (χ2v) is 6.41. The monoisotopic (exact) mass is 368 g/mol. The Kier molecular flexibility index (Phi) is 6.30. The highest BCUT2D eigenvalue weighted by molar-refractivity contribution is 5.95. The summed E-state index contributed by atoms with van der Waals surface area (Å²) in [6, 6.07) is 16.7. The first-order chi connectivity index (χ1) is 13.2. The van der Waals surface area contributed by atoms with Crippen LogP contribution in [0.15, 0.2) is 54.6 Å². The third-order valence-electron chi connectivity index (χ3n) is 4.37. The van der Waals surface area contributed by atoms with Gasteiger partial charge in [0.05, 0.1) is 6.61 Å². The highest BCUT2D eigenvalue weighted by Crippen LogP contribution is 2.26. The Morgan fingerprint density at radius 2 is 1.78 bits per heavy atom. The van der Waals surface area contributed by atoms with Crippen molar-refractivity contribution in [2.75, 3.05) is 31.2 Å². The van der Waals surface area contributed by atoms with Gasteiger partial charge < -0.3 is 19.7 Å². The number of nitrogens with one attached hydrogen (secondary N) is 1. The average molecular weight is 368 g/mol. The van der Waals surface area contributed by atoms with Gasteiger partial charge in [0.25, 0.3) is 5.91 Å². The quantitative estimate of drug-likeness (QED) is 0.778. The van der Waals surface area contributed by atoms with Gasteiger partial charge in [-0.05, 0) is 43.3 Å². The van der Waals surface area contributed by atoms with Crippen LogP contribution in [0.3, 0.4) is 0 Å². The number of benzene rings is 2. The number of hydrogen-bond acceptors (Lipinski definition) is 4. The lowest BCUT2D eigenvalue weighted by Crippen LogP contribution is -2.34. The van der Waals surface area contributed by atoms with Crippen LogP contribution in [0.25, 0.3) is 0 Å². The first-order valence-corrected chi connectivity index (χ1v) is 9.13. The zero-order valence-electron chi connectivity index (χ0n) is 15.4. The number of carbonyl (C=O) groups excluding carboxylic acids is 2. The van der Waals surface area contributed by atoms with E-state index < -0.39 is 0 Å². The van der Waals surface area contributed by atoms with E-state index in [0.717, 1.165) is 11.4 Å². The van der Waals surface area contributed by atoms with Crippen molar-refractivity contribution in [3.63, 3.8) is 0 Å². The van der Waals surface area contributed by atoms with Crippen molar-refractivity contribution in [3.8, 4) is 11.5 Å². The summed E-state index contributed by atoms with van der Waals surface area (Å²) in [5.74, 6) is 1.41. The molecule has 1 aliphatic rings. The van der Waals surface area contributed by atoms with E-state index in [1.165, 1.54) is 0 Å². The maximum atomic E-state index is 12.3. The summed E-state index contributed by atoms with van der Waals surface area (Å²) >= 11 is 0. The Bertz CT molecular complexity index is 762. The predicted molar refractivity (Wildman–Crippen MR) is 103 cm³/mol. The molecule has 0 radical (unpaired) electrons. The van der Waals surface area contributed by atoms with E-state index in [1.807, 2.05) is 49.4 Å². The van der Waals surface area contributed by atoms with Crippen LogP contribution >= 0.6 is 0 Å². The van der Waals surface area contributed by atoms with Crippen LogP contribution in [0.1, 0.15) is 13.3 Å². The SMILES string of the molecule is CCOc1ccc(N2CC(CNC(=O)COc3ccccc3)CC2=O)cc1. The highest BCUT2D eigenvalue weighted by atomic mass is 16.5. The molecule has 27 heavy (non-hydrogen) atoms. The van der Waals surface area contributed by atoms with Crippen LogP contribution in [0.2, 0.25) is 0 Å². The van der Waals surface area contributed by atoms with Crippen LogP contribution in [0, 0.1) is 5.92 Å². The molecule has 1 aliphatic heterocycles. The zero-order valence-corrected chi connectivity index (χ0v) is 15.4. The van der Waals surface area contributed by atoms with Gasteiger partial charge in [-0.1, -0.05) is 18.2 Å². The minimum atomic E-state index is -0.189. The second-order valence-electron chi connectivity index (χ2n) is 6.41. The summed E-state index contributed by atoms with van der Waals surface area (Å²) in [5.41, 5.74) is 0.852. The molecule has 1 saturated heterocycles. The lowest BCUT2D eigenvalue weighted by molar-refractivity contribution is -0.123. The number of para-hydroxylation sites is 1. The number of anilines is 1. The van der Waals surface area contributed by atoms with Gasteiger partial charge in [-0.25, -0.2) is 0 Å². The molecule has 2 aromatic carbocycles. The molecular weight excluding hydrogens is 344 g/mol. The van der Waals surface area contributed by atoms with Gasteiger partial charge >= 0.3 is 0 Å². The van der Waals surface area contributed by atoms with Gasteiger partial charge in [0, 0.05) is 31.1 Å². The van der Waals surface area contributed by atoms with Gasteiger partial charge in [0.2, 0.25) is 5.91 Å². The van der Waals surface area contributed by atoms with Crippen LogP contribution < -0.4 is 19.7 Å². The molecule has 1 heterocycles. The molecule has 6 nitrogen and oxygen atoms in total. The van der Waals surface area contributed by atoms with E-state index in [0.29, 0.717) is 31.9 Å². The summed E-state index contributed by atoms with van der Waals surface area (Å²) in [4.78, 5) is 26.0.